The number of rotatable bonds is 7. The monoisotopic (exact) mass is 365 g/mol. The fraction of sp³-hybridized carbons (Fsp3) is 0.611. The molecule has 0 spiro atoms. The number of benzene rings is 1. The molecule has 1 aliphatic heterocycles. The third-order valence-electron chi connectivity index (χ3n) is 4.90. The molecule has 0 aromatic heterocycles. The molecule has 1 saturated heterocycles. The van der Waals surface area contributed by atoms with Gasteiger partial charge in [-0.2, -0.15) is 4.31 Å². The second kappa shape index (κ2) is 7.85. The van der Waals surface area contributed by atoms with Gasteiger partial charge in [0.2, 0.25) is 15.9 Å². The van der Waals surface area contributed by atoms with Gasteiger partial charge in [0.15, 0.2) is 0 Å². The van der Waals surface area contributed by atoms with Crippen LogP contribution in [0, 0.1) is 0 Å². The fourth-order valence-electron chi connectivity index (χ4n) is 3.34. The quantitative estimate of drug-likeness (QED) is 0.727. The lowest BCUT2D eigenvalue weighted by molar-refractivity contribution is -0.133. The molecule has 1 aromatic carbocycles. The van der Waals surface area contributed by atoms with Gasteiger partial charge in [0.25, 0.3) is 0 Å². The average Bonchev–Trinajstić information content (AvgIpc) is 3.40. The Morgan fingerprint density at radius 1 is 1.12 bits per heavy atom. The molecule has 0 unspecified atom stereocenters. The van der Waals surface area contributed by atoms with Crippen LogP contribution in [0.15, 0.2) is 30.3 Å². The number of sulfonamides is 1. The Kier molecular flexibility index (Phi) is 5.76. The van der Waals surface area contributed by atoms with E-state index in [1.165, 1.54) is 16.1 Å². The minimum absolute atomic E-state index is 0.0636. The van der Waals surface area contributed by atoms with Gasteiger partial charge < -0.3 is 4.90 Å². The van der Waals surface area contributed by atoms with E-state index in [2.05, 4.69) is 17.0 Å². The summed E-state index contributed by atoms with van der Waals surface area (Å²) in [7, 11) is -3.22. The zero-order chi connectivity index (χ0) is 17.9. The molecule has 0 N–H and O–H groups in total. The highest BCUT2D eigenvalue weighted by atomic mass is 32.2. The molecular formula is C18H27N3O3S. The molecule has 138 valence electrons. The van der Waals surface area contributed by atoms with Crippen LogP contribution < -0.4 is 0 Å². The Morgan fingerprint density at radius 3 is 2.32 bits per heavy atom. The summed E-state index contributed by atoms with van der Waals surface area (Å²) in [6.45, 7) is 4.37. The number of carbonyl (C=O) groups excluding carboxylic acids is 1. The van der Waals surface area contributed by atoms with Crippen LogP contribution in [0.1, 0.15) is 24.8 Å². The lowest BCUT2D eigenvalue weighted by atomic mass is 10.2. The number of hydrogen-bond donors (Lipinski definition) is 0. The molecular weight excluding hydrogens is 338 g/mol. The molecule has 1 amide bonds. The van der Waals surface area contributed by atoms with Crippen LogP contribution in [0.3, 0.4) is 0 Å². The molecule has 2 fully saturated rings. The second-order valence-electron chi connectivity index (χ2n) is 7.00. The van der Waals surface area contributed by atoms with Crippen molar-refractivity contribution < 1.29 is 13.2 Å². The van der Waals surface area contributed by atoms with Gasteiger partial charge in [-0.25, -0.2) is 8.42 Å². The van der Waals surface area contributed by atoms with Crippen molar-refractivity contribution in [2.24, 2.45) is 0 Å². The van der Waals surface area contributed by atoms with Crippen molar-refractivity contribution in [2.75, 3.05) is 39.0 Å². The van der Waals surface area contributed by atoms with Gasteiger partial charge in [0.1, 0.15) is 0 Å². The Balaban J connectivity index is 1.43. The molecule has 1 saturated carbocycles. The van der Waals surface area contributed by atoms with Gasteiger partial charge >= 0.3 is 0 Å². The van der Waals surface area contributed by atoms with Crippen molar-refractivity contribution >= 4 is 15.9 Å². The topological polar surface area (TPSA) is 60.9 Å². The van der Waals surface area contributed by atoms with Gasteiger partial charge in [-0.3, -0.25) is 9.69 Å². The number of amides is 1. The van der Waals surface area contributed by atoms with Gasteiger partial charge in [0.05, 0.1) is 6.26 Å². The maximum absolute atomic E-state index is 12.4. The SMILES string of the molecule is CS(=O)(=O)N(CCC(=O)N1CCN(Cc2ccccc2)CC1)C1CC1. The molecule has 1 aliphatic carbocycles. The van der Waals surface area contributed by atoms with Gasteiger partial charge in [-0.15, -0.1) is 0 Å². The van der Waals surface area contributed by atoms with E-state index in [9.17, 15) is 13.2 Å². The van der Waals surface area contributed by atoms with Crippen LogP contribution in [0.2, 0.25) is 0 Å². The van der Waals surface area contributed by atoms with E-state index in [-0.39, 0.29) is 18.4 Å². The van der Waals surface area contributed by atoms with Crippen LogP contribution in [-0.4, -0.2) is 73.5 Å². The second-order valence-corrected chi connectivity index (χ2v) is 8.93. The normalized spacial score (nSPS) is 19.4. The molecule has 2 aliphatic rings. The van der Waals surface area contributed by atoms with Crippen LogP contribution in [0.25, 0.3) is 0 Å². The predicted molar refractivity (Wildman–Crippen MR) is 97.5 cm³/mol. The largest absolute Gasteiger partial charge is 0.340 e. The van der Waals surface area contributed by atoms with E-state index in [0.29, 0.717) is 19.6 Å². The van der Waals surface area contributed by atoms with Crippen LogP contribution >= 0.6 is 0 Å². The van der Waals surface area contributed by atoms with Crippen molar-refractivity contribution in [1.82, 2.24) is 14.1 Å². The van der Waals surface area contributed by atoms with Crippen molar-refractivity contribution in [2.45, 2.75) is 31.8 Å². The highest BCUT2D eigenvalue weighted by Gasteiger charge is 2.35. The van der Waals surface area contributed by atoms with Crippen LogP contribution in [0.4, 0.5) is 0 Å². The molecule has 6 nitrogen and oxygen atoms in total. The summed E-state index contributed by atoms with van der Waals surface area (Å²) in [6.07, 6.45) is 3.35. The third-order valence-corrected chi connectivity index (χ3v) is 6.23. The smallest absolute Gasteiger partial charge is 0.223 e. The van der Waals surface area contributed by atoms with Crippen LogP contribution in [0.5, 0.6) is 0 Å². The van der Waals surface area contributed by atoms with Gasteiger partial charge in [-0.1, -0.05) is 30.3 Å². The summed E-state index contributed by atoms with van der Waals surface area (Å²) in [5.41, 5.74) is 1.29. The summed E-state index contributed by atoms with van der Waals surface area (Å²) < 4.78 is 25.1. The van der Waals surface area contributed by atoms with Crippen molar-refractivity contribution in [3.05, 3.63) is 35.9 Å². The minimum Gasteiger partial charge on any atom is -0.340 e. The molecule has 7 heteroatoms. The molecule has 1 heterocycles. The van der Waals surface area contributed by atoms with E-state index in [1.807, 2.05) is 23.1 Å². The summed E-state index contributed by atoms with van der Waals surface area (Å²) in [5, 5.41) is 0. The van der Waals surface area contributed by atoms with E-state index >= 15 is 0 Å². The standard InChI is InChI=1S/C18H27N3O3S/c1-25(23,24)21(17-7-8-17)10-9-18(22)20-13-11-19(12-14-20)15-16-5-3-2-4-6-16/h2-6,17H,7-15H2,1H3. The summed E-state index contributed by atoms with van der Waals surface area (Å²) in [5.74, 6) is 0.0636. The lowest BCUT2D eigenvalue weighted by Crippen LogP contribution is -2.49. The van der Waals surface area contributed by atoms with Gasteiger partial charge in [0, 0.05) is 51.7 Å². The summed E-state index contributed by atoms with van der Waals surface area (Å²) in [6, 6.07) is 10.5. The maximum Gasteiger partial charge on any atom is 0.223 e. The number of carbonyl (C=O) groups is 1. The fourth-order valence-corrected chi connectivity index (χ4v) is 4.52. The molecule has 3 rings (SSSR count). The molecule has 0 atom stereocenters. The van der Waals surface area contributed by atoms with Gasteiger partial charge in [-0.05, 0) is 18.4 Å². The lowest BCUT2D eigenvalue weighted by Gasteiger charge is -2.35. The van der Waals surface area contributed by atoms with E-state index < -0.39 is 10.0 Å². The number of hydrogen-bond acceptors (Lipinski definition) is 4. The minimum atomic E-state index is -3.22. The molecule has 0 radical (unpaired) electrons. The van der Waals surface area contributed by atoms with E-state index in [4.69, 9.17) is 0 Å². The first-order chi connectivity index (χ1) is 11.9. The Morgan fingerprint density at radius 2 is 1.76 bits per heavy atom. The Bertz CT molecular complexity index is 681. The number of nitrogens with zero attached hydrogens (tertiary/aromatic N) is 3. The molecule has 0 bridgehead atoms. The van der Waals surface area contributed by atoms with Crippen molar-refractivity contribution in [3.8, 4) is 0 Å². The highest BCUT2D eigenvalue weighted by molar-refractivity contribution is 7.88. The zero-order valence-electron chi connectivity index (χ0n) is 14.8. The zero-order valence-corrected chi connectivity index (χ0v) is 15.6. The third kappa shape index (κ3) is 5.26. The first kappa shape index (κ1) is 18.4. The maximum atomic E-state index is 12.4. The van der Waals surface area contributed by atoms with E-state index in [1.54, 1.807) is 0 Å². The Labute approximate surface area is 150 Å². The van der Waals surface area contributed by atoms with E-state index in [0.717, 1.165) is 32.5 Å². The first-order valence-corrected chi connectivity index (χ1v) is 10.8. The first-order valence-electron chi connectivity index (χ1n) is 8.94. The van der Waals surface area contributed by atoms with Crippen molar-refractivity contribution in [1.29, 1.82) is 0 Å². The molecule has 25 heavy (non-hydrogen) atoms. The number of piperazine rings is 1. The van der Waals surface area contributed by atoms with Crippen LogP contribution in [-0.2, 0) is 21.4 Å². The average molecular weight is 365 g/mol. The Hall–Kier alpha value is -1.44. The van der Waals surface area contributed by atoms with Crippen molar-refractivity contribution in [3.63, 3.8) is 0 Å². The summed E-state index contributed by atoms with van der Waals surface area (Å²) >= 11 is 0. The summed E-state index contributed by atoms with van der Waals surface area (Å²) in [4.78, 5) is 16.6. The molecule has 1 aromatic rings. The predicted octanol–water partition coefficient (Wildman–Crippen LogP) is 1.14. The highest BCUT2D eigenvalue weighted by Crippen LogP contribution is 2.29.